The molecule has 0 spiro atoms. The van der Waals surface area contributed by atoms with E-state index in [4.69, 9.17) is 10.5 Å². The van der Waals surface area contributed by atoms with Gasteiger partial charge in [0.1, 0.15) is 12.4 Å². The van der Waals surface area contributed by atoms with E-state index in [0.717, 1.165) is 5.69 Å². The topological polar surface area (TPSA) is 77.2 Å². The van der Waals surface area contributed by atoms with E-state index in [1.165, 1.54) is 0 Å². The smallest absolute Gasteiger partial charge is 0.241 e. The summed E-state index contributed by atoms with van der Waals surface area (Å²) in [5.74, 6) is 0.557. The Morgan fingerprint density at radius 1 is 1.27 bits per heavy atom. The van der Waals surface area contributed by atoms with Crippen molar-refractivity contribution >= 4 is 11.6 Å². The van der Waals surface area contributed by atoms with Crippen LogP contribution in [0, 0.1) is 5.92 Å². The number of anilines is 1. The van der Waals surface area contributed by atoms with E-state index in [1.807, 2.05) is 44.2 Å². The maximum atomic E-state index is 12.0. The molecular formula is C17H21N3O2. The summed E-state index contributed by atoms with van der Waals surface area (Å²) in [6.45, 7) is 4.21. The van der Waals surface area contributed by atoms with Crippen molar-refractivity contribution in [3.63, 3.8) is 0 Å². The van der Waals surface area contributed by atoms with Crippen molar-refractivity contribution in [3.05, 3.63) is 54.4 Å². The number of carbonyl (C=O) groups excluding carboxylic acids is 1. The number of aromatic nitrogens is 1. The first kappa shape index (κ1) is 16.0. The van der Waals surface area contributed by atoms with E-state index in [0.29, 0.717) is 18.0 Å². The zero-order valence-corrected chi connectivity index (χ0v) is 12.8. The number of hydrogen-bond acceptors (Lipinski definition) is 4. The highest BCUT2D eigenvalue weighted by molar-refractivity contribution is 5.94. The number of pyridine rings is 1. The Balaban J connectivity index is 1.96. The number of nitrogens with zero attached hydrogens (tertiary/aromatic N) is 1. The lowest BCUT2D eigenvalue weighted by atomic mass is 10.0. The molecule has 116 valence electrons. The zero-order valence-electron chi connectivity index (χ0n) is 12.8. The van der Waals surface area contributed by atoms with Crippen LogP contribution in [-0.4, -0.2) is 16.9 Å². The number of amides is 1. The van der Waals surface area contributed by atoms with Gasteiger partial charge in [-0.15, -0.1) is 0 Å². The van der Waals surface area contributed by atoms with E-state index in [2.05, 4.69) is 10.3 Å². The summed E-state index contributed by atoms with van der Waals surface area (Å²) in [7, 11) is 0. The number of nitrogens with one attached hydrogen (secondary N) is 1. The fourth-order valence-electron chi connectivity index (χ4n) is 1.83. The molecule has 0 saturated heterocycles. The molecule has 1 amide bonds. The minimum absolute atomic E-state index is 0.0867. The fraction of sp³-hybridized carbons (Fsp3) is 0.294. The minimum atomic E-state index is -0.530. The average Bonchev–Trinajstić information content (AvgIpc) is 2.53. The summed E-state index contributed by atoms with van der Waals surface area (Å²) in [4.78, 5) is 16.2. The van der Waals surface area contributed by atoms with Gasteiger partial charge < -0.3 is 15.8 Å². The minimum Gasteiger partial charge on any atom is -0.487 e. The number of hydrogen-bond donors (Lipinski definition) is 2. The molecule has 0 unspecified atom stereocenters. The lowest BCUT2D eigenvalue weighted by molar-refractivity contribution is -0.118. The summed E-state index contributed by atoms with van der Waals surface area (Å²) in [5.41, 5.74) is 7.34. The molecular weight excluding hydrogens is 278 g/mol. The molecule has 0 aliphatic rings. The molecule has 22 heavy (non-hydrogen) atoms. The third kappa shape index (κ3) is 4.56. The molecule has 2 aromatic rings. The molecule has 0 radical (unpaired) electrons. The Morgan fingerprint density at radius 3 is 2.77 bits per heavy atom. The fourth-order valence-corrected chi connectivity index (χ4v) is 1.83. The van der Waals surface area contributed by atoms with Gasteiger partial charge in [0.25, 0.3) is 0 Å². The second-order valence-corrected chi connectivity index (χ2v) is 5.40. The second kappa shape index (κ2) is 7.56. The number of carbonyl (C=O) groups is 1. The van der Waals surface area contributed by atoms with Gasteiger partial charge in [-0.05, 0) is 30.2 Å². The van der Waals surface area contributed by atoms with Crippen molar-refractivity contribution in [2.24, 2.45) is 11.7 Å². The molecule has 0 aliphatic heterocycles. The molecule has 0 fully saturated rings. The monoisotopic (exact) mass is 299 g/mol. The summed E-state index contributed by atoms with van der Waals surface area (Å²) in [6.07, 6.45) is 1.72. The van der Waals surface area contributed by atoms with Gasteiger partial charge in [0.2, 0.25) is 5.91 Å². The Kier molecular flexibility index (Phi) is 5.49. The van der Waals surface area contributed by atoms with Gasteiger partial charge in [0.05, 0.1) is 11.7 Å². The molecule has 5 heteroatoms. The largest absolute Gasteiger partial charge is 0.487 e. The summed E-state index contributed by atoms with van der Waals surface area (Å²) >= 11 is 0. The summed E-state index contributed by atoms with van der Waals surface area (Å²) < 4.78 is 5.68. The first-order valence-corrected chi connectivity index (χ1v) is 7.25. The van der Waals surface area contributed by atoms with Crippen LogP contribution in [0.5, 0.6) is 5.75 Å². The summed E-state index contributed by atoms with van der Waals surface area (Å²) in [6, 6.07) is 12.4. The van der Waals surface area contributed by atoms with E-state index < -0.39 is 6.04 Å². The molecule has 0 saturated carbocycles. The predicted octanol–water partition coefficient (Wildman–Crippen LogP) is 2.58. The third-order valence-corrected chi connectivity index (χ3v) is 3.24. The van der Waals surface area contributed by atoms with E-state index >= 15 is 0 Å². The maximum absolute atomic E-state index is 12.0. The van der Waals surface area contributed by atoms with Crippen LogP contribution >= 0.6 is 0 Å². The number of ether oxygens (including phenoxy) is 1. The molecule has 0 bridgehead atoms. The van der Waals surface area contributed by atoms with Crippen LogP contribution in [0.1, 0.15) is 19.5 Å². The van der Waals surface area contributed by atoms with Crippen molar-refractivity contribution in [1.29, 1.82) is 0 Å². The van der Waals surface area contributed by atoms with Crippen molar-refractivity contribution in [2.45, 2.75) is 26.5 Å². The van der Waals surface area contributed by atoms with E-state index in [-0.39, 0.29) is 11.8 Å². The molecule has 3 N–H and O–H groups in total. The van der Waals surface area contributed by atoms with Crippen molar-refractivity contribution < 1.29 is 9.53 Å². The highest BCUT2D eigenvalue weighted by atomic mass is 16.5. The molecule has 5 nitrogen and oxygen atoms in total. The van der Waals surface area contributed by atoms with Crippen molar-refractivity contribution in [1.82, 2.24) is 4.98 Å². The standard InChI is InChI=1S/C17H21N3O2/c1-12(2)16(18)17(21)20-13-7-5-8-15(10-13)22-11-14-6-3-4-9-19-14/h3-10,12,16H,11,18H2,1-2H3,(H,20,21)/t16-/m0/s1. The van der Waals surface area contributed by atoms with Crippen LogP contribution in [0.4, 0.5) is 5.69 Å². The van der Waals surface area contributed by atoms with Crippen LogP contribution in [-0.2, 0) is 11.4 Å². The third-order valence-electron chi connectivity index (χ3n) is 3.24. The van der Waals surface area contributed by atoms with Gasteiger partial charge in [-0.2, -0.15) is 0 Å². The molecule has 0 aliphatic carbocycles. The predicted molar refractivity (Wildman–Crippen MR) is 86.5 cm³/mol. The Morgan fingerprint density at radius 2 is 2.09 bits per heavy atom. The molecule has 1 atom stereocenters. The van der Waals surface area contributed by atoms with Crippen LogP contribution < -0.4 is 15.8 Å². The Labute approximate surface area is 130 Å². The normalized spacial score (nSPS) is 12.0. The average molecular weight is 299 g/mol. The summed E-state index contributed by atoms with van der Waals surface area (Å²) in [5, 5.41) is 2.80. The first-order chi connectivity index (χ1) is 10.6. The zero-order chi connectivity index (χ0) is 15.9. The van der Waals surface area contributed by atoms with Crippen LogP contribution in [0.2, 0.25) is 0 Å². The molecule has 1 heterocycles. The highest BCUT2D eigenvalue weighted by Crippen LogP contribution is 2.18. The number of benzene rings is 1. The van der Waals surface area contributed by atoms with Crippen LogP contribution in [0.25, 0.3) is 0 Å². The van der Waals surface area contributed by atoms with Gasteiger partial charge in [-0.1, -0.05) is 26.0 Å². The number of nitrogens with two attached hydrogens (primary N) is 1. The Bertz CT molecular complexity index is 614. The maximum Gasteiger partial charge on any atom is 0.241 e. The van der Waals surface area contributed by atoms with E-state index in [9.17, 15) is 4.79 Å². The van der Waals surface area contributed by atoms with Crippen molar-refractivity contribution in [2.75, 3.05) is 5.32 Å². The van der Waals surface area contributed by atoms with Gasteiger partial charge in [0, 0.05) is 18.0 Å². The molecule has 2 rings (SSSR count). The van der Waals surface area contributed by atoms with Gasteiger partial charge in [0.15, 0.2) is 0 Å². The lowest BCUT2D eigenvalue weighted by Crippen LogP contribution is -2.39. The van der Waals surface area contributed by atoms with Gasteiger partial charge in [-0.3, -0.25) is 9.78 Å². The van der Waals surface area contributed by atoms with E-state index in [1.54, 1.807) is 18.3 Å². The quantitative estimate of drug-likeness (QED) is 0.859. The van der Waals surface area contributed by atoms with Gasteiger partial charge in [-0.25, -0.2) is 0 Å². The molecule has 1 aromatic carbocycles. The Hall–Kier alpha value is -2.40. The first-order valence-electron chi connectivity index (χ1n) is 7.25. The molecule has 1 aromatic heterocycles. The highest BCUT2D eigenvalue weighted by Gasteiger charge is 2.17. The second-order valence-electron chi connectivity index (χ2n) is 5.40. The SMILES string of the molecule is CC(C)[C@H](N)C(=O)Nc1cccc(OCc2ccccn2)c1. The lowest BCUT2D eigenvalue weighted by Gasteiger charge is -2.15. The number of rotatable bonds is 6. The van der Waals surface area contributed by atoms with Crippen LogP contribution in [0.15, 0.2) is 48.7 Å². The van der Waals surface area contributed by atoms with Crippen LogP contribution in [0.3, 0.4) is 0 Å². The van der Waals surface area contributed by atoms with Crippen molar-refractivity contribution in [3.8, 4) is 5.75 Å². The van der Waals surface area contributed by atoms with Gasteiger partial charge >= 0.3 is 0 Å².